The van der Waals surface area contributed by atoms with Crippen LogP contribution >= 0.6 is 0 Å². The van der Waals surface area contributed by atoms with Gasteiger partial charge in [-0.05, 0) is 34.9 Å². The van der Waals surface area contributed by atoms with Crippen molar-refractivity contribution in [3.05, 3.63) is 102 Å². The molecule has 0 spiro atoms. The lowest BCUT2D eigenvalue weighted by Gasteiger charge is -2.40. The zero-order valence-electron chi connectivity index (χ0n) is 19.1. The van der Waals surface area contributed by atoms with Gasteiger partial charge in [0, 0.05) is 32.7 Å². The van der Waals surface area contributed by atoms with Crippen LogP contribution in [0.2, 0.25) is 0 Å². The number of ketones is 1. The van der Waals surface area contributed by atoms with Crippen molar-refractivity contribution in [3.8, 4) is 11.5 Å². The fourth-order valence-corrected chi connectivity index (χ4v) is 4.40. The molecule has 0 radical (unpaired) electrons. The molecule has 0 saturated carbocycles. The maximum Gasteiger partial charge on any atom is 0.173 e. The quantitative estimate of drug-likeness (QED) is 0.355. The summed E-state index contributed by atoms with van der Waals surface area (Å²) < 4.78 is 0. The Morgan fingerprint density at radius 3 is 2.00 bits per heavy atom. The van der Waals surface area contributed by atoms with Gasteiger partial charge in [-0.15, -0.1) is 0 Å². The van der Waals surface area contributed by atoms with Gasteiger partial charge in [-0.1, -0.05) is 72.8 Å². The molecular weight excluding hydrogens is 426 g/mol. The summed E-state index contributed by atoms with van der Waals surface area (Å²) >= 11 is 0. The van der Waals surface area contributed by atoms with Crippen molar-refractivity contribution in [2.45, 2.75) is 12.1 Å². The first kappa shape index (κ1) is 23.7. The van der Waals surface area contributed by atoms with E-state index in [0.717, 1.165) is 26.2 Å². The van der Waals surface area contributed by atoms with Crippen molar-refractivity contribution in [2.75, 3.05) is 32.7 Å². The van der Waals surface area contributed by atoms with Crippen molar-refractivity contribution >= 4 is 11.9 Å². The predicted octanol–water partition coefficient (Wildman–Crippen LogP) is 3.41. The lowest BCUT2D eigenvalue weighted by Crippen LogP contribution is -2.52. The molecule has 3 aromatic rings. The minimum absolute atomic E-state index is 0.165. The topological polar surface area (TPSA) is 90.0 Å². The van der Waals surface area contributed by atoms with E-state index in [1.54, 1.807) is 12.1 Å². The van der Waals surface area contributed by atoms with Crippen molar-refractivity contribution < 1.29 is 15.0 Å². The van der Waals surface area contributed by atoms with E-state index in [2.05, 4.69) is 58.3 Å². The summed E-state index contributed by atoms with van der Waals surface area (Å²) in [6.45, 7) is 3.95. The van der Waals surface area contributed by atoms with Gasteiger partial charge in [0.25, 0.3) is 0 Å². The summed E-state index contributed by atoms with van der Waals surface area (Å²) in [4.78, 5) is 17.3. The van der Waals surface area contributed by atoms with E-state index >= 15 is 0 Å². The molecule has 1 fully saturated rings. The molecule has 1 saturated heterocycles. The standard InChI is InChI=1S/C28H31N3O3/c29-24(25(32)13-11-21-12-14-26(33)27(34)19-21)20-30-15-17-31(18-16-30)28(22-7-3-1-4-8-22)23-9-5-2-6-10-23/h1-14,19,24,28,33-34H,15-18,20,29H2. The molecule has 6 nitrogen and oxygen atoms in total. The molecule has 1 aliphatic heterocycles. The number of aromatic hydroxyl groups is 2. The molecule has 176 valence electrons. The number of rotatable bonds is 8. The second-order valence-corrected chi connectivity index (χ2v) is 8.65. The van der Waals surface area contributed by atoms with Crippen LogP contribution in [-0.2, 0) is 4.79 Å². The third-order valence-corrected chi connectivity index (χ3v) is 6.26. The van der Waals surface area contributed by atoms with E-state index in [1.807, 2.05) is 12.1 Å². The third-order valence-electron chi connectivity index (χ3n) is 6.26. The minimum Gasteiger partial charge on any atom is -0.504 e. The summed E-state index contributed by atoms with van der Waals surface area (Å²) in [5, 5.41) is 19.0. The second-order valence-electron chi connectivity index (χ2n) is 8.65. The monoisotopic (exact) mass is 457 g/mol. The molecule has 0 bridgehead atoms. The summed E-state index contributed by atoms with van der Waals surface area (Å²) in [6, 6.07) is 25.1. The van der Waals surface area contributed by atoms with Crippen LogP contribution in [0.1, 0.15) is 22.7 Å². The van der Waals surface area contributed by atoms with Crippen LogP contribution in [0, 0.1) is 0 Å². The Labute approximate surface area is 200 Å². The Bertz CT molecular complexity index is 1070. The van der Waals surface area contributed by atoms with E-state index in [1.165, 1.54) is 29.3 Å². The molecule has 0 amide bonds. The number of phenols is 2. The maximum atomic E-state index is 12.5. The summed E-state index contributed by atoms with van der Waals surface area (Å²) in [5.41, 5.74) is 9.37. The molecule has 4 rings (SSSR count). The average Bonchev–Trinajstić information content (AvgIpc) is 2.87. The Morgan fingerprint density at radius 2 is 1.44 bits per heavy atom. The largest absolute Gasteiger partial charge is 0.504 e. The highest BCUT2D eigenvalue weighted by atomic mass is 16.3. The van der Waals surface area contributed by atoms with Crippen LogP contribution in [0.4, 0.5) is 0 Å². The second kappa shape index (κ2) is 11.1. The molecule has 4 N–H and O–H groups in total. The highest BCUT2D eigenvalue weighted by Gasteiger charge is 2.27. The van der Waals surface area contributed by atoms with Gasteiger partial charge in [-0.25, -0.2) is 0 Å². The Hall–Kier alpha value is -3.45. The molecule has 0 aromatic heterocycles. The normalized spacial score (nSPS) is 16.2. The molecule has 0 aliphatic carbocycles. The van der Waals surface area contributed by atoms with Crippen LogP contribution in [0.25, 0.3) is 6.08 Å². The molecule has 34 heavy (non-hydrogen) atoms. The number of carbonyl (C=O) groups is 1. The van der Waals surface area contributed by atoms with Crippen LogP contribution in [0.3, 0.4) is 0 Å². The molecule has 1 aliphatic rings. The van der Waals surface area contributed by atoms with E-state index in [0.29, 0.717) is 12.1 Å². The molecule has 1 atom stereocenters. The molecular formula is C28H31N3O3. The molecule has 6 heteroatoms. The van der Waals surface area contributed by atoms with Gasteiger partial charge < -0.3 is 15.9 Å². The van der Waals surface area contributed by atoms with E-state index < -0.39 is 6.04 Å². The minimum atomic E-state index is -0.618. The Balaban J connectivity index is 1.35. The molecule has 3 aromatic carbocycles. The fraction of sp³-hybridized carbons (Fsp3) is 0.250. The smallest absolute Gasteiger partial charge is 0.173 e. The maximum absolute atomic E-state index is 12.5. The number of hydrogen-bond acceptors (Lipinski definition) is 6. The van der Waals surface area contributed by atoms with Gasteiger partial charge in [0.15, 0.2) is 17.3 Å². The number of nitrogens with zero attached hydrogens (tertiary/aromatic N) is 2. The van der Waals surface area contributed by atoms with E-state index in [9.17, 15) is 15.0 Å². The highest BCUT2D eigenvalue weighted by Crippen LogP contribution is 2.29. The number of nitrogens with two attached hydrogens (primary N) is 1. The van der Waals surface area contributed by atoms with E-state index in [4.69, 9.17) is 5.73 Å². The van der Waals surface area contributed by atoms with Gasteiger partial charge in [0.1, 0.15) is 0 Å². The first-order chi connectivity index (χ1) is 16.5. The predicted molar refractivity (Wildman–Crippen MR) is 135 cm³/mol. The summed E-state index contributed by atoms with van der Waals surface area (Å²) in [5.74, 6) is -0.580. The molecule has 1 unspecified atom stereocenters. The zero-order chi connectivity index (χ0) is 23.9. The number of phenolic OH excluding ortho intramolecular Hbond substituents is 2. The van der Waals surface area contributed by atoms with Crippen LogP contribution < -0.4 is 5.73 Å². The number of hydrogen-bond donors (Lipinski definition) is 3. The third kappa shape index (κ3) is 5.91. The summed E-state index contributed by atoms with van der Waals surface area (Å²) in [6.07, 6.45) is 3.04. The van der Waals surface area contributed by atoms with Crippen LogP contribution in [0.15, 0.2) is 84.9 Å². The number of piperazine rings is 1. The average molecular weight is 458 g/mol. The van der Waals surface area contributed by atoms with Crippen molar-refractivity contribution in [3.63, 3.8) is 0 Å². The fourth-order valence-electron chi connectivity index (χ4n) is 4.40. The first-order valence-electron chi connectivity index (χ1n) is 11.6. The van der Waals surface area contributed by atoms with Gasteiger partial charge in [-0.2, -0.15) is 0 Å². The van der Waals surface area contributed by atoms with Gasteiger partial charge in [0.2, 0.25) is 0 Å². The summed E-state index contributed by atoms with van der Waals surface area (Å²) in [7, 11) is 0. The van der Waals surface area contributed by atoms with Crippen LogP contribution in [0.5, 0.6) is 11.5 Å². The highest BCUT2D eigenvalue weighted by molar-refractivity contribution is 5.97. The lowest BCUT2D eigenvalue weighted by atomic mass is 9.96. The lowest BCUT2D eigenvalue weighted by molar-refractivity contribution is -0.116. The van der Waals surface area contributed by atoms with Crippen molar-refractivity contribution in [2.24, 2.45) is 5.73 Å². The SMILES string of the molecule is NC(CN1CCN(C(c2ccccc2)c2ccccc2)CC1)C(=O)C=Cc1ccc(O)c(O)c1. The van der Waals surface area contributed by atoms with Crippen LogP contribution in [-0.4, -0.2) is 64.6 Å². The Morgan fingerprint density at radius 1 is 0.853 bits per heavy atom. The number of benzene rings is 3. The Kier molecular flexibility index (Phi) is 7.75. The number of carbonyl (C=O) groups excluding carboxylic acids is 1. The van der Waals surface area contributed by atoms with Crippen molar-refractivity contribution in [1.82, 2.24) is 9.80 Å². The first-order valence-corrected chi connectivity index (χ1v) is 11.6. The zero-order valence-corrected chi connectivity index (χ0v) is 19.1. The van der Waals surface area contributed by atoms with Crippen molar-refractivity contribution in [1.29, 1.82) is 0 Å². The van der Waals surface area contributed by atoms with Gasteiger partial charge in [0.05, 0.1) is 12.1 Å². The van der Waals surface area contributed by atoms with Gasteiger partial charge in [-0.3, -0.25) is 14.6 Å². The van der Waals surface area contributed by atoms with Gasteiger partial charge >= 0.3 is 0 Å². The molecule has 1 heterocycles. The van der Waals surface area contributed by atoms with E-state index in [-0.39, 0.29) is 23.3 Å².